The molecule has 19 heavy (non-hydrogen) atoms. The van der Waals surface area contributed by atoms with Crippen molar-refractivity contribution in [1.82, 2.24) is 0 Å². The van der Waals surface area contributed by atoms with Crippen LogP contribution in [0, 0.1) is 5.82 Å². The predicted octanol–water partition coefficient (Wildman–Crippen LogP) is 3.48. The molecular formula is C16H17FO2. The topological polar surface area (TPSA) is 29.5 Å². The highest BCUT2D eigenvalue weighted by Gasteiger charge is 2.17. The zero-order valence-electron chi connectivity index (χ0n) is 11.1. The zero-order valence-corrected chi connectivity index (χ0v) is 11.1. The van der Waals surface area contributed by atoms with Crippen LogP contribution in [-0.2, 0) is 6.42 Å². The molecule has 0 heterocycles. The van der Waals surface area contributed by atoms with Gasteiger partial charge in [0.2, 0.25) is 0 Å². The Morgan fingerprint density at radius 3 is 2.53 bits per heavy atom. The summed E-state index contributed by atoms with van der Waals surface area (Å²) in [6.45, 7) is 2.01. The lowest BCUT2D eigenvalue weighted by Gasteiger charge is -2.16. The molecule has 100 valence electrons. The number of aliphatic hydroxyl groups is 1. The van der Waals surface area contributed by atoms with Crippen molar-refractivity contribution in [2.45, 2.75) is 19.4 Å². The molecule has 0 radical (unpaired) electrons. The van der Waals surface area contributed by atoms with Crippen LogP contribution in [-0.4, -0.2) is 12.2 Å². The zero-order chi connectivity index (χ0) is 13.8. The summed E-state index contributed by atoms with van der Waals surface area (Å²) in [6.07, 6.45) is -0.160. The van der Waals surface area contributed by atoms with E-state index >= 15 is 0 Å². The third-order valence-corrected chi connectivity index (χ3v) is 3.23. The molecule has 3 heteroatoms. The molecule has 0 spiro atoms. The number of methoxy groups -OCH3 is 1. The van der Waals surface area contributed by atoms with E-state index < -0.39 is 11.9 Å². The Hall–Kier alpha value is -1.87. The first kappa shape index (κ1) is 13.6. The van der Waals surface area contributed by atoms with Gasteiger partial charge in [-0.1, -0.05) is 31.2 Å². The van der Waals surface area contributed by atoms with Crippen molar-refractivity contribution in [3.05, 3.63) is 65.0 Å². The van der Waals surface area contributed by atoms with Crippen LogP contribution < -0.4 is 4.74 Å². The first-order valence-corrected chi connectivity index (χ1v) is 6.26. The second kappa shape index (κ2) is 5.85. The van der Waals surface area contributed by atoms with Crippen LogP contribution in [0.2, 0.25) is 0 Å². The van der Waals surface area contributed by atoms with Gasteiger partial charge in [-0.3, -0.25) is 0 Å². The van der Waals surface area contributed by atoms with Crippen LogP contribution in [0.4, 0.5) is 4.39 Å². The summed E-state index contributed by atoms with van der Waals surface area (Å²) in [5.74, 6) is -0.0185. The van der Waals surface area contributed by atoms with Gasteiger partial charge < -0.3 is 9.84 Å². The van der Waals surface area contributed by atoms with Gasteiger partial charge in [0.25, 0.3) is 0 Å². The Morgan fingerprint density at radius 2 is 1.89 bits per heavy atom. The van der Waals surface area contributed by atoms with Gasteiger partial charge in [-0.15, -0.1) is 0 Å². The minimum Gasteiger partial charge on any atom is -0.497 e. The normalized spacial score (nSPS) is 12.2. The molecule has 0 aliphatic rings. The van der Waals surface area contributed by atoms with Crippen LogP contribution in [0.3, 0.4) is 0 Å². The third kappa shape index (κ3) is 2.76. The molecule has 1 atom stereocenters. The van der Waals surface area contributed by atoms with E-state index in [0.717, 1.165) is 17.5 Å². The number of hydrogen-bond acceptors (Lipinski definition) is 2. The predicted molar refractivity (Wildman–Crippen MR) is 72.8 cm³/mol. The van der Waals surface area contributed by atoms with Crippen LogP contribution >= 0.6 is 0 Å². The largest absolute Gasteiger partial charge is 0.497 e. The molecule has 0 saturated heterocycles. The number of ether oxygens (including phenoxy) is 1. The molecular weight excluding hydrogens is 243 g/mol. The standard InChI is InChI=1S/C16H17FO2/c1-3-11-6-4-5-7-13(11)16(18)14-9-8-12(19-2)10-15(14)17/h4-10,16,18H,3H2,1-2H3. The summed E-state index contributed by atoms with van der Waals surface area (Å²) < 4.78 is 18.9. The number of halogens is 1. The van der Waals surface area contributed by atoms with Crippen molar-refractivity contribution in [1.29, 1.82) is 0 Å². The molecule has 0 aromatic heterocycles. The summed E-state index contributed by atoms with van der Waals surface area (Å²) in [5, 5.41) is 10.4. The molecule has 2 aromatic rings. The quantitative estimate of drug-likeness (QED) is 0.912. The molecule has 0 aliphatic carbocycles. The van der Waals surface area contributed by atoms with Crippen molar-refractivity contribution in [3.63, 3.8) is 0 Å². The first-order valence-electron chi connectivity index (χ1n) is 6.26. The highest BCUT2D eigenvalue weighted by molar-refractivity contribution is 5.38. The molecule has 2 nitrogen and oxygen atoms in total. The van der Waals surface area contributed by atoms with Crippen molar-refractivity contribution in [3.8, 4) is 5.75 Å². The fourth-order valence-corrected chi connectivity index (χ4v) is 2.15. The molecule has 0 amide bonds. The van der Waals surface area contributed by atoms with Gasteiger partial charge in [0.1, 0.15) is 17.7 Å². The second-order valence-electron chi connectivity index (χ2n) is 4.34. The van der Waals surface area contributed by atoms with E-state index in [1.165, 1.54) is 13.2 Å². The fraction of sp³-hybridized carbons (Fsp3) is 0.250. The van der Waals surface area contributed by atoms with E-state index in [1.54, 1.807) is 12.1 Å². The number of hydrogen-bond donors (Lipinski definition) is 1. The lowest BCUT2D eigenvalue weighted by atomic mass is 9.95. The van der Waals surface area contributed by atoms with Gasteiger partial charge in [-0.25, -0.2) is 4.39 Å². The van der Waals surface area contributed by atoms with Crippen molar-refractivity contribution in [2.24, 2.45) is 0 Å². The van der Waals surface area contributed by atoms with Gasteiger partial charge in [-0.2, -0.15) is 0 Å². The van der Waals surface area contributed by atoms with E-state index in [1.807, 2.05) is 31.2 Å². The van der Waals surface area contributed by atoms with E-state index in [4.69, 9.17) is 4.74 Å². The summed E-state index contributed by atoms with van der Waals surface area (Å²) in [7, 11) is 1.48. The maximum atomic E-state index is 14.0. The van der Waals surface area contributed by atoms with Gasteiger partial charge in [0.05, 0.1) is 7.11 Å². The molecule has 0 fully saturated rings. The average Bonchev–Trinajstić information content (AvgIpc) is 2.46. The average molecular weight is 260 g/mol. The maximum absolute atomic E-state index is 14.0. The molecule has 0 bridgehead atoms. The van der Waals surface area contributed by atoms with Crippen molar-refractivity contribution < 1.29 is 14.2 Å². The lowest BCUT2D eigenvalue weighted by Crippen LogP contribution is -2.05. The Kier molecular flexibility index (Phi) is 4.17. The number of rotatable bonds is 4. The van der Waals surface area contributed by atoms with Crippen LogP contribution in [0.5, 0.6) is 5.75 Å². The summed E-state index contributed by atoms with van der Waals surface area (Å²) in [6, 6.07) is 12.0. The number of benzene rings is 2. The maximum Gasteiger partial charge on any atom is 0.133 e. The highest BCUT2D eigenvalue weighted by Crippen LogP contribution is 2.29. The van der Waals surface area contributed by atoms with Gasteiger partial charge in [0, 0.05) is 11.6 Å². The van der Waals surface area contributed by atoms with E-state index in [2.05, 4.69) is 0 Å². The number of aliphatic hydroxyl groups excluding tert-OH is 1. The van der Waals surface area contributed by atoms with Crippen LogP contribution in [0.1, 0.15) is 29.7 Å². The van der Waals surface area contributed by atoms with E-state index in [0.29, 0.717) is 5.75 Å². The molecule has 2 rings (SSSR count). The molecule has 0 aliphatic heterocycles. The van der Waals surface area contributed by atoms with Crippen molar-refractivity contribution in [2.75, 3.05) is 7.11 Å². The Balaban J connectivity index is 2.41. The van der Waals surface area contributed by atoms with Crippen LogP contribution in [0.25, 0.3) is 0 Å². The van der Waals surface area contributed by atoms with Gasteiger partial charge >= 0.3 is 0 Å². The molecule has 0 saturated carbocycles. The second-order valence-corrected chi connectivity index (χ2v) is 4.34. The summed E-state index contributed by atoms with van der Waals surface area (Å²) >= 11 is 0. The Bertz CT molecular complexity index is 566. The first-order chi connectivity index (χ1) is 9.17. The third-order valence-electron chi connectivity index (χ3n) is 3.23. The summed E-state index contributed by atoms with van der Waals surface area (Å²) in [5.41, 5.74) is 2.03. The minimum absolute atomic E-state index is 0.265. The van der Waals surface area contributed by atoms with Crippen LogP contribution in [0.15, 0.2) is 42.5 Å². The SMILES string of the molecule is CCc1ccccc1C(O)c1ccc(OC)cc1F. The van der Waals surface area contributed by atoms with Gasteiger partial charge in [0.15, 0.2) is 0 Å². The number of aryl methyl sites for hydroxylation is 1. The van der Waals surface area contributed by atoms with Gasteiger partial charge in [-0.05, 0) is 29.7 Å². The Labute approximate surface area is 112 Å². The fourth-order valence-electron chi connectivity index (χ4n) is 2.15. The Morgan fingerprint density at radius 1 is 1.16 bits per heavy atom. The highest BCUT2D eigenvalue weighted by atomic mass is 19.1. The summed E-state index contributed by atoms with van der Waals surface area (Å²) in [4.78, 5) is 0. The monoisotopic (exact) mass is 260 g/mol. The van der Waals surface area contributed by atoms with E-state index in [-0.39, 0.29) is 5.56 Å². The lowest BCUT2D eigenvalue weighted by molar-refractivity contribution is 0.213. The molecule has 1 N–H and O–H groups in total. The van der Waals surface area contributed by atoms with E-state index in [9.17, 15) is 9.50 Å². The molecule has 2 aromatic carbocycles. The molecule has 1 unspecified atom stereocenters. The van der Waals surface area contributed by atoms with Crippen molar-refractivity contribution >= 4 is 0 Å². The minimum atomic E-state index is -0.956. The smallest absolute Gasteiger partial charge is 0.133 e.